The molecule has 0 unspecified atom stereocenters. The Labute approximate surface area is 151 Å². The first kappa shape index (κ1) is 20.7. The van der Waals surface area contributed by atoms with Gasteiger partial charge in [0.05, 0.1) is 11.4 Å². The van der Waals surface area contributed by atoms with Crippen LogP contribution in [0.3, 0.4) is 0 Å². The lowest BCUT2D eigenvalue weighted by molar-refractivity contribution is -0.149. The van der Waals surface area contributed by atoms with Crippen LogP contribution in [0.4, 0.5) is 13.2 Å². The molecule has 1 saturated heterocycles. The molecule has 1 aromatic rings. The standard InChI is InChI=1S/C17H23F3N2O3S/c1-2-3-13-4-6-15(7-5-13)26(24,25)21-16(23)14-8-10-22(11-9-14)12-17(18,19)20/h4-7,14H,2-3,8-12H2,1H3,(H,21,23). The summed E-state index contributed by atoms with van der Waals surface area (Å²) in [5.41, 5.74) is 1.01. The molecule has 9 heteroatoms. The Morgan fingerprint density at radius 2 is 1.77 bits per heavy atom. The fraction of sp³-hybridized carbons (Fsp3) is 0.588. The van der Waals surface area contributed by atoms with Gasteiger partial charge < -0.3 is 0 Å². The number of aryl methyl sites for hydroxylation is 1. The number of hydrogen-bond donors (Lipinski definition) is 1. The fourth-order valence-corrected chi connectivity index (χ4v) is 4.05. The lowest BCUT2D eigenvalue weighted by atomic mass is 9.96. The van der Waals surface area contributed by atoms with Crippen molar-refractivity contribution in [3.05, 3.63) is 29.8 Å². The molecule has 1 aromatic carbocycles. The highest BCUT2D eigenvalue weighted by Crippen LogP contribution is 2.23. The van der Waals surface area contributed by atoms with E-state index in [1.165, 1.54) is 17.0 Å². The number of halogens is 3. The minimum Gasteiger partial charge on any atom is -0.295 e. The molecule has 1 heterocycles. The van der Waals surface area contributed by atoms with Gasteiger partial charge in [-0.2, -0.15) is 13.2 Å². The molecule has 0 bridgehead atoms. The number of piperidine rings is 1. The van der Waals surface area contributed by atoms with Crippen LogP contribution in [0.2, 0.25) is 0 Å². The third-order valence-electron chi connectivity index (χ3n) is 4.37. The number of nitrogens with one attached hydrogen (secondary N) is 1. The van der Waals surface area contributed by atoms with Crippen LogP contribution < -0.4 is 4.72 Å². The van der Waals surface area contributed by atoms with Gasteiger partial charge in [-0.25, -0.2) is 13.1 Å². The first-order valence-electron chi connectivity index (χ1n) is 8.55. The number of amides is 1. The number of rotatable bonds is 6. The van der Waals surface area contributed by atoms with Crippen molar-refractivity contribution in [2.75, 3.05) is 19.6 Å². The fourth-order valence-electron chi connectivity index (χ4n) is 3.01. The highest BCUT2D eigenvalue weighted by Gasteiger charge is 2.34. The number of likely N-dealkylation sites (tertiary alicyclic amines) is 1. The molecule has 26 heavy (non-hydrogen) atoms. The Hall–Kier alpha value is -1.61. The summed E-state index contributed by atoms with van der Waals surface area (Å²) in [5.74, 6) is -1.26. The van der Waals surface area contributed by atoms with Gasteiger partial charge in [-0.3, -0.25) is 9.69 Å². The summed E-state index contributed by atoms with van der Waals surface area (Å²) in [7, 11) is -3.98. The maximum absolute atomic E-state index is 12.4. The van der Waals surface area contributed by atoms with Crippen LogP contribution >= 0.6 is 0 Å². The Bertz CT molecular complexity index is 710. The SMILES string of the molecule is CCCc1ccc(S(=O)(=O)NC(=O)C2CCN(CC(F)(F)F)CC2)cc1. The van der Waals surface area contributed by atoms with Crippen LogP contribution in [0.1, 0.15) is 31.7 Å². The largest absolute Gasteiger partial charge is 0.401 e. The van der Waals surface area contributed by atoms with Crippen LogP contribution in [0.5, 0.6) is 0 Å². The zero-order chi connectivity index (χ0) is 19.4. The zero-order valence-corrected chi connectivity index (χ0v) is 15.4. The van der Waals surface area contributed by atoms with E-state index in [0.717, 1.165) is 18.4 Å². The normalized spacial score (nSPS) is 17.2. The third-order valence-corrected chi connectivity index (χ3v) is 5.73. The molecule has 1 aliphatic heterocycles. The van der Waals surface area contributed by atoms with Gasteiger partial charge in [0, 0.05) is 5.92 Å². The highest BCUT2D eigenvalue weighted by atomic mass is 32.2. The molecule has 0 atom stereocenters. The minimum atomic E-state index is -4.28. The second kappa shape index (κ2) is 8.39. The van der Waals surface area contributed by atoms with Gasteiger partial charge >= 0.3 is 6.18 Å². The second-order valence-corrected chi connectivity index (χ2v) is 8.21. The van der Waals surface area contributed by atoms with Gasteiger partial charge in [0.1, 0.15) is 0 Å². The van der Waals surface area contributed by atoms with E-state index in [1.54, 1.807) is 12.1 Å². The monoisotopic (exact) mass is 392 g/mol. The number of carbonyl (C=O) groups is 1. The van der Waals surface area contributed by atoms with E-state index in [-0.39, 0.29) is 30.8 Å². The summed E-state index contributed by atoms with van der Waals surface area (Å²) in [5, 5.41) is 0. The summed E-state index contributed by atoms with van der Waals surface area (Å²) >= 11 is 0. The van der Waals surface area contributed by atoms with Crippen molar-refractivity contribution in [2.24, 2.45) is 5.92 Å². The van der Waals surface area contributed by atoms with Gasteiger partial charge in [-0.1, -0.05) is 25.5 Å². The van der Waals surface area contributed by atoms with Gasteiger partial charge in [-0.05, 0) is 50.0 Å². The molecule has 0 aliphatic carbocycles. The van der Waals surface area contributed by atoms with Crippen LogP contribution in [0.15, 0.2) is 29.2 Å². The number of benzene rings is 1. The lowest BCUT2D eigenvalue weighted by Crippen LogP contribution is -2.44. The molecule has 1 aliphatic rings. The van der Waals surface area contributed by atoms with Gasteiger partial charge in [-0.15, -0.1) is 0 Å². The smallest absolute Gasteiger partial charge is 0.295 e. The molecule has 0 saturated carbocycles. The van der Waals surface area contributed by atoms with E-state index >= 15 is 0 Å². The highest BCUT2D eigenvalue weighted by molar-refractivity contribution is 7.90. The van der Waals surface area contributed by atoms with Crippen LogP contribution in [-0.2, 0) is 21.2 Å². The van der Waals surface area contributed by atoms with E-state index in [1.807, 2.05) is 11.6 Å². The first-order chi connectivity index (χ1) is 12.1. The van der Waals surface area contributed by atoms with Gasteiger partial charge in [0.15, 0.2) is 0 Å². The Morgan fingerprint density at radius 1 is 1.19 bits per heavy atom. The molecule has 0 spiro atoms. The molecular weight excluding hydrogens is 369 g/mol. The van der Waals surface area contributed by atoms with Crippen molar-refractivity contribution in [1.29, 1.82) is 0 Å². The predicted molar refractivity (Wildman–Crippen MR) is 91.0 cm³/mol. The van der Waals surface area contributed by atoms with Crippen LogP contribution in [0, 0.1) is 5.92 Å². The topological polar surface area (TPSA) is 66.5 Å². The van der Waals surface area contributed by atoms with Crippen molar-refractivity contribution >= 4 is 15.9 Å². The summed E-state index contributed by atoms with van der Waals surface area (Å²) < 4.78 is 63.8. The molecule has 5 nitrogen and oxygen atoms in total. The predicted octanol–water partition coefficient (Wildman–Crippen LogP) is 2.72. The number of sulfonamides is 1. The van der Waals surface area contributed by atoms with Crippen molar-refractivity contribution < 1.29 is 26.4 Å². The molecule has 1 amide bonds. The van der Waals surface area contributed by atoms with E-state index in [0.29, 0.717) is 0 Å². The van der Waals surface area contributed by atoms with E-state index in [2.05, 4.69) is 0 Å². The molecule has 1 N–H and O–H groups in total. The number of nitrogens with zero attached hydrogens (tertiary/aromatic N) is 1. The van der Waals surface area contributed by atoms with Gasteiger partial charge in [0.25, 0.3) is 10.0 Å². The van der Waals surface area contributed by atoms with Crippen LogP contribution in [-0.4, -0.2) is 45.0 Å². The zero-order valence-electron chi connectivity index (χ0n) is 14.6. The quantitative estimate of drug-likeness (QED) is 0.809. The van der Waals surface area contributed by atoms with Crippen molar-refractivity contribution in [3.63, 3.8) is 0 Å². The summed E-state index contributed by atoms with van der Waals surface area (Å²) in [4.78, 5) is 13.4. The molecule has 2 rings (SSSR count). The molecular formula is C17H23F3N2O3S. The van der Waals surface area contributed by atoms with E-state index in [9.17, 15) is 26.4 Å². The second-order valence-electron chi connectivity index (χ2n) is 6.53. The summed E-state index contributed by atoms with van der Waals surface area (Å²) in [6.07, 6.45) is -2.10. The Morgan fingerprint density at radius 3 is 2.27 bits per heavy atom. The van der Waals surface area contributed by atoms with E-state index in [4.69, 9.17) is 0 Å². The molecule has 1 fully saturated rings. The van der Waals surface area contributed by atoms with Gasteiger partial charge in [0.2, 0.25) is 5.91 Å². The van der Waals surface area contributed by atoms with Crippen LogP contribution in [0.25, 0.3) is 0 Å². The van der Waals surface area contributed by atoms with Crippen molar-refractivity contribution in [3.8, 4) is 0 Å². The number of hydrogen-bond acceptors (Lipinski definition) is 4. The lowest BCUT2D eigenvalue weighted by Gasteiger charge is -2.31. The number of alkyl halides is 3. The Balaban J connectivity index is 1.92. The maximum Gasteiger partial charge on any atom is 0.401 e. The molecule has 146 valence electrons. The van der Waals surface area contributed by atoms with Crippen molar-refractivity contribution in [1.82, 2.24) is 9.62 Å². The van der Waals surface area contributed by atoms with Crippen molar-refractivity contribution in [2.45, 2.75) is 43.7 Å². The first-order valence-corrected chi connectivity index (χ1v) is 10.0. The maximum atomic E-state index is 12.4. The molecule has 0 radical (unpaired) electrons. The average Bonchev–Trinajstić information content (AvgIpc) is 2.54. The third kappa shape index (κ3) is 5.98. The minimum absolute atomic E-state index is 0.000195. The average molecular weight is 392 g/mol. The molecule has 0 aromatic heterocycles. The Kier molecular flexibility index (Phi) is 6.68. The summed E-state index contributed by atoms with van der Waals surface area (Å²) in [6.45, 7) is 1.24. The van der Waals surface area contributed by atoms with E-state index < -0.39 is 34.6 Å². The summed E-state index contributed by atoms with van der Waals surface area (Å²) in [6, 6.07) is 6.31. The number of carbonyl (C=O) groups excluding carboxylic acids is 1.